The third-order valence-electron chi connectivity index (χ3n) is 3.71. The molecule has 102 valence electrons. The van der Waals surface area contributed by atoms with Gasteiger partial charge in [0.2, 0.25) is 0 Å². The molecule has 2 rings (SSSR count). The molecule has 0 spiro atoms. The summed E-state index contributed by atoms with van der Waals surface area (Å²) in [5, 5.41) is 10.6. The molecular formula is C16H20O3. The van der Waals surface area contributed by atoms with Crippen LogP contribution in [-0.2, 0) is 9.53 Å². The molecule has 1 aliphatic rings. The van der Waals surface area contributed by atoms with Crippen LogP contribution in [0.3, 0.4) is 0 Å². The van der Waals surface area contributed by atoms with Crippen molar-refractivity contribution in [1.29, 1.82) is 0 Å². The number of benzene rings is 1. The molecule has 0 aliphatic heterocycles. The molecule has 0 saturated heterocycles. The van der Waals surface area contributed by atoms with E-state index in [0.717, 1.165) is 5.56 Å². The average Bonchev–Trinajstić information content (AvgIpc) is 2.43. The van der Waals surface area contributed by atoms with Crippen molar-refractivity contribution in [2.24, 2.45) is 0 Å². The van der Waals surface area contributed by atoms with E-state index < -0.39 is 11.7 Å². The number of methoxy groups -OCH3 is 1. The highest BCUT2D eigenvalue weighted by atomic mass is 16.5. The van der Waals surface area contributed by atoms with E-state index in [9.17, 15) is 9.90 Å². The van der Waals surface area contributed by atoms with Gasteiger partial charge in [-0.15, -0.1) is 0 Å². The molecule has 0 amide bonds. The molecule has 1 fully saturated rings. The fourth-order valence-electron chi connectivity index (χ4n) is 2.52. The molecule has 2 atom stereocenters. The minimum atomic E-state index is -0.923. The van der Waals surface area contributed by atoms with Gasteiger partial charge in [0.05, 0.1) is 11.7 Å². The maximum atomic E-state index is 11.4. The summed E-state index contributed by atoms with van der Waals surface area (Å²) in [5.41, 5.74) is 0.181. The van der Waals surface area contributed by atoms with Gasteiger partial charge in [0.1, 0.15) is 5.78 Å². The van der Waals surface area contributed by atoms with Crippen molar-refractivity contribution < 1.29 is 14.6 Å². The second kappa shape index (κ2) is 6.13. The lowest BCUT2D eigenvalue weighted by molar-refractivity contribution is -0.145. The molecule has 1 aromatic carbocycles. The van der Waals surface area contributed by atoms with Crippen LogP contribution < -0.4 is 0 Å². The standard InChI is InChI=1S/C16H20O3/c1-19-15-12-14(17)9-11-16(15,18)10-5-8-13-6-3-2-4-7-13/h2-8,15,18H,9-12H2,1H3/t15-,16-/m0/s1. The summed E-state index contributed by atoms with van der Waals surface area (Å²) in [6.45, 7) is 0. The van der Waals surface area contributed by atoms with E-state index in [1.54, 1.807) is 7.11 Å². The first kappa shape index (κ1) is 14.0. The predicted octanol–water partition coefficient (Wildman–Crippen LogP) is 2.59. The summed E-state index contributed by atoms with van der Waals surface area (Å²) in [6, 6.07) is 9.95. The lowest BCUT2D eigenvalue weighted by Gasteiger charge is -2.37. The number of hydrogen-bond acceptors (Lipinski definition) is 3. The van der Waals surface area contributed by atoms with E-state index in [2.05, 4.69) is 0 Å². The topological polar surface area (TPSA) is 46.5 Å². The maximum Gasteiger partial charge on any atom is 0.135 e. The summed E-state index contributed by atoms with van der Waals surface area (Å²) in [4.78, 5) is 11.4. The molecule has 1 N–H and O–H groups in total. The van der Waals surface area contributed by atoms with Gasteiger partial charge in [-0.1, -0.05) is 42.5 Å². The van der Waals surface area contributed by atoms with Crippen LogP contribution >= 0.6 is 0 Å². The second-order valence-corrected chi connectivity index (χ2v) is 5.09. The Morgan fingerprint density at radius 3 is 2.84 bits per heavy atom. The smallest absolute Gasteiger partial charge is 0.135 e. The van der Waals surface area contributed by atoms with Crippen LogP contribution in [0.15, 0.2) is 36.4 Å². The molecule has 1 aliphatic carbocycles. The molecule has 0 bridgehead atoms. The van der Waals surface area contributed by atoms with Gasteiger partial charge in [-0.3, -0.25) is 4.79 Å². The van der Waals surface area contributed by atoms with E-state index in [4.69, 9.17) is 4.74 Å². The van der Waals surface area contributed by atoms with E-state index in [1.807, 2.05) is 42.5 Å². The van der Waals surface area contributed by atoms with Crippen molar-refractivity contribution in [2.75, 3.05) is 7.11 Å². The van der Waals surface area contributed by atoms with E-state index in [-0.39, 0.29) is 5.78 Å². The molecule has 0 heterocycles. The minimum Gasteiger partial charge on any atom is -0.387 e. The fraction of sp³-hybridized carbons (Fsp3) is 0.438. The summed E-state index contributed by atoms with van der Waals surface area (Å²) in [5.74, 6) is 0.170. The van der Waals surface area contributed by atoms with Gasteiger partial charge < -0.3 is 9.84 Å². The van der Waals surface area contributed by atoms with Crippen molar-refractivity contribution in [3.8, 4) is 0 Å². The van der Waals surface area contributed by atoms with E-state index in [0.29, 0.717) is 25.7 Å². The molecule has 3 nitrogen and oxygen atoms in total. The maximum absolute atomic E-state index is 11.4. The normalized spacial score (nSPS) is 27.9. The van der Waals surface area contributed by atoms with Crippen LogP contribution in [0.1, 0.15) is 31.2 Å². The van der Waals surface area contributed by atoms with Crippen molar-refractivity contribution in [2.45, 2.75) is 37.4 Å². The zero-order valence-electron chi connectivity index (χ0n) is 11.2. The van der Waals surface area contributed by atoms with E-state index >= 15 is 0 Å². The number of Topliss-reactive ketones (excluding diaryl/α,β-unsaturated/α-hetero) is 1. The van der Waals surface area contributed by atoms with Crippen LogP contribution in [0.2, 0.25) is 0 Å². The van der Waals surface area contributed by atoms with Gasteiger partial charge in [-0.05, 0) is 18.4 Å². The first-order chi connectivity index (χ1) is 9.14. The molecule has 1 aromatic rings. The lowest BCUT2D eigenvalue weighted by Crippen LogP contribution is -2.47. The second-order valence-electron chi connectivity index (χ2n) is 5.09. The highest BCUT2D eigenvalue weighted by Crippen LogP contribution is 2.32. The SMILES string of the molecule is CO[C@H]1CC(=O)CC[C@@]1(O)CC=Cc1ccccc1. The number of ketones is 1. The zero-order chi connectivity index (χ0) is 13.7. The van der Waals surface area contributed by atoms with Gasteiger partial charge in [0.25, 0.3) is 0 Å². The van der Waals surface area contributed by atoms with Crippen molar-refractivity contribution in [3.05, 3.63) is 42.0 Å². The summed E-state index contributed by atoms with van der Waals surface area (Å²) in [7, 11) is 1.55. The van der Waals surface area contributed by atoms with Crippen LogP contribution in [0.5, 0.6) is 0 Å². The van der Waals surface area contributed by atoms with E-state index in [1.165, 1.54) is 0 Å². The van der Waals surface area contributed by atoms with Crippen LogP contribution in [0.4, 0.5) is 0 Å². The fourth-order valence-corrected chi connectivity index (χ4v) is 2.52. The molecule has 0 radical (unpaired) electrons. The monoisotopic (exact) mass is 260 g/mol. The zero-order valence-corrected chi connectivity index (χ0v) is 11.2. The highest BCUT2D eigenvalue weighted by Gasteiger charge is 2.41. The minimum absolute atomic E-state index is 0.170. The molecule has 1 saturated carbocycles. The predicted molar refractivity (Wildman–Crippen MR) is 74.7 cm³/mol. The molecule has 0 unspecified atom stereocenters. The highest BCUT2D eigenvalue weighted by molar-refractivity contribution is 5.80. The number of carbonyl (C=O) groups is 1. The third-order valence-corrected chi connectivity index (χ3v) is 3.71. The van der Waals surface area contributed by atoms with Crippen LogP contribution in [-0.4, -0.2) is 29.7 Å². The van der Waals surface area contributed by atoms with Crippen molar-refractivity contribution in [1.82, 2.24) is 0 Å². The summed E-state index contributed by atoms with van der Waals surface area (Å²) < 4.78 is 5.28. The van der Waals surface area contributed by atoms with Gasteiger partial charge in [-0.25, -0.2) is 0 Å². The number of aliphatic hydroxyl groups is 1. The Balaban J connectivity index is 2.00. The van der Waals surface area contributed by atoms with Gasteiger partial charge in [-0.2, -0.15) is 0 Å². The number of rotatable bonds is 4. The Morgan fingerprint density at radius 1 is 1.42 bits per heavy atom. The third kappa shape index (κ3) is 3.52. The summed E-state index contributed by atoms with van der Waals surface area (Å²) in [6.07, 6.45) is 5.28. The van der Waals surface area contributed by atoms with Crippen LogP contribution in [0.25, 0.3) is 6.08 Å². The van der Waals surface area contributed by atoms with Gasteiger partial charge >= 0.3 is 0 Å². The quantitative estimate of drug-likeness (QED) is 0.905. The Hall–Kier alpha value is -1.45. The lowest BCUT2D eigenvalue weighted by atomic mass is 9.79. The Labute approximate surface area is 113 Å². The Morgan fingerprint density at radius 2 is 2.16 bits per heavy atom. The largest absolute Gasteiger partial charge is 0.387 e. The Bertz CT molecular complexity index is 452. The van der Waals surface area contributed by atoms with Crippen molar-refractivity contribution in [3.63, 3.8) is 0 Å². The summed E-state index contributed by atoms with van der Waals surface area (Å²) >= 11 is 0. The number of hydrogen-bond donors (Lipinski definition) is 1. The molecule has 0 aromatic heterocycles. The molecule has 19 heavy (non-hydrogen) atoms. The van der Waals surface area contributed by atoms with Crippen molar-refractivity contribution >= 4 is 11.9 Å². The molecule has 3 heteroatoms. The molecular weight excluding hydrogens is 240 g/mol. The first-order valence-corrected chi connectivity index (χ1v) is 6.62. The number of ether oxygens (including phenoxy) is 1. The average molecular weight is 260 g/mol. The van der Waals surface area contributed by atoms with Crippen LogP contribution in [0, 0.1) is 0 Å². The van der Waals surface area contributed by atoms with Gasteiger partial charge in [0.15, 0.2) is 0 Å². The van der Waals surface area contributed by atoms with Gasteiger partial charge in [0, 0.05) is 20.0 Å². The number of carbonyl (C=O) groups excluding carboxylic acids is 1. The first-order valence-electron chi connectivity index (χ1n) is 6.62. The Kier molecular flexibility index (Phi) is 4.51.